The van der Waals surface area contributed by atoms with Crippen LogP contribution in [0.25, 0.3) is 0 Å². The minimum Gasteiger partial charge on any atom is -0.497 e. The second-order valence-corrected chi connectivity index (χ2v) is 6.76. The van der Waals surface area contributed by atoms with Crippen molar-refractivity contribution < 1.29 is 9.53 Å². The number of amides is 1. The number of hydrogen-bond donors (Lipinski definition) is 0. The van der Waals surface area contributed by atoms with Crippen molar-refractivity contribution in [1.29, 1.82) is 0 Å². The van der Waals surface area contributed by atoms with E-state index in [1.54, 1.807) is 7.11 Å². The number of carbonyl (C=O) groups is 1. The van der Waals surface area contributed by atoms with Crippen LogP contribution < -0.4 is 9.64 Å². The van der Waals surface area contributed by atoms with E-state index in [1.807, 2.05) is 90.7 Å². The summed E-state index contributed by atoms with van der Waals surface area (Å²) in [6.07, 6.45) is 0. The molecule has 1 amide bonds. The highest BCUT2D eigenvalue weighted by Gasteiger charge is 2.59. The van der Waals surface area contributed by atoms with Crippen molar-refractivity contribution in [2.45, 2.75) is 18.4 Å². The van der Waals surface area contributed by atoms with Gasteiger partial charge in [-0.1, -0.05) is 60.7 Å². The molecule has 0 spiro atoms. The molecule has 0 aromatic heterocycles. The second-order valence-electron chi connectivity index (χ2n) is 6.76. The van der Waals surface area contributed by atoms with Gasteiger partial charge in [-0.05, 0) is 42.3 Å². The highest BCUT2D eigenvalue weighted by atomic mass is 16.5. The maximum atomic E-state index is 13.3. The van der Waals surface area contributed by atoms with E-state index in [0.29, 0.717) is 0 Å². The molecule has 0 radical (unpaired) electrons. The molecular weight excluding hydrogens is 322 g/mol. The topological polar surface area (TPSA) is 29.5 Å². The van der Waals surface area contributed by atoms with Crippen molar-refractivity contribution in [2.24, 2.45) is 0 Å². The Bertz CT molecular complexity index is 923. The first kappa shape index (κ1) is 16.4. The van der Waals surface area contributed by atoms with E-state index < -0.39 is 5.41 Å². The Kier molecular flexibility index (Phi) is 4.00. The molecule has 2 atom stereocenters. The van der Waals surface area contributed by atoms with Crippen LogP contribution in [0, 0.1) is 0 Å². The van der Waals surface area contributed by atoms with Gasteiger partial charge >= 0.3 is 0 Å². The molecule has 0 N–H and O–H groups in total. The van der Waals surface area contributed by atoms with Crippen molar-refractivity contribution in [3.63, 3.8) is 0 Å². The lowest BCUT2D eigenvalue weighted by Crippen LogP contribution is -2.65. The van der Waals surface area contributed by atoms with Crippen molar-refractivity contribution in [3.05, 3.63) is 96.1 Å². The number of rotatable bonds is 4. The molecule has 4 rings (SSSR count). The van der Waals surface area contributed by atoms with Crippen LogP contribution in [-0.2, 0) is 10.2 Å². The minimum atomic E-state index is -0.608. The lowest BCUT2D eigenvalue weighted by atomic mass is 9.64. The van der Waals surface area contributed by atoms with Crippen molar-refractivity contribution in [3.8, 4) is 5.75 Å². The van der Waals surface area contributed by atoms with Crippen LogP contribution in [0.3, 0.4) is 0 Å². The molecule has 130 valence electrons. The number of anilines is 1. The molecule has 3 heteroatoms. The van der Waals surface area contributed by atoms with Gasteiger partial charge in [-0.3, -0.25) is 4.79 Å². The highest BCUT2D eigenvalue weighted by Crippen LogP contribution is 2.53. The van der Waals surface area contributed by atoms with Gasteiger partial charge < -0.3 is 9.64 Å². The molecule has 0 bridgehead atoms. The maximum absolute atomic E-state index is 13.3. The molecule has 0 saturated carbocycles. The molecule has 3 nitrogen and oxygen atoms in total. The van der Waals surface area contributed by atoms with Crippen LogP contribution in [0.5, 0.6) is 5.75 Å². The number of hydrogen-bond acceptors (Lipinski definition) is 2. The first-order valence-electron chi connectivity index (χ1n) is 8.74. The molecule has 3 aromatic carbocycles. The number of carbonyl (C=O) groups excluding carboxylic acids is 1. The quantitative estimate of drug-likeness (QED) is 0.640. The molecule has 0 aliphatic carbocycles. The van der Waals surface area contributed by atoms with E-state index in [2.05, 4.69) is 6.07 Å². The summed E-state index contributed by atoms with van der Waals surface area (Å²) in [6, 6.07) is 27.8. The molecule has 1 aliphatic rings. The summed E-state index contributed by atoms with van der Waals surface area (Å²) in [7, 11) is 1.66. The molecule has 26 heavy (non-hydrogen) atoms. The third-order valence-electron chi connectivity index (χ3n) is 5.29. The SMILES string of the molecule is COc1cccc([C@H]2N(c3ccccc3)C(=O)[C@]2(C)c2ccccc2)c1. The van der Waals surface area contributed by atoms with Crippen LogP contribution in [0.15, 0.2) is 84.9 Å². The van der Waals surface area contributed by atoms with Gasteiger partial charge in [0.15, 0.2) is 0 Å². The van der Waals surface area contributed by atoms with E-state index in [-0.39, 0.29) is 11.9 Å². The van der Waals surface area contributed by atoms with E-state index >= 15 is 0 Å². The van der Waals surface area contributed by atoms with Crippen LogP contribution in [-0.4, -0.2) is 13.0 Å². The average molecular weight is 343 g/mol. The van der Waals surface area contributed by atoms with Gasteiger partial charge in [0.2, 0.25) is 5.91 Å². The summed E-state index contributed by atoms with van der Waals surface area (Å²) in [5, 5.41) is 0. The smallest absolute Gasteiger partial charge is 0.240 e. The van der Waals surface area contributed by atoms with Gasteiger partial charge in [0, 0.05) is 5.69 Å². The highest BCUT2D eigenvalue weighted by molar-refractivity contribution is 6.09. The Labute approximate surface area is 153 Å². The standard InChI is InChI=1S/C23H21NO2/c1-23(18-11-5-3-6-12-18)21(17-10-9-15-20(16-17)26-2)24(22(23)25)19-13-7-4-8-14-19/h3-16,21H,1-2H3/t21-,23-/m1/s1. The zero-order valence-electron chi connectivity index (χ0n) is 14.9. The fraction of sp³-hybridized carbons (Fsp3) is 0.174. The minimum absolute atomic E-state index is 0.0881. The predicted molar refractivity (Wildman–Crippen MR) is 103 cm³/mol. The van der Waals surface area contributed by atoms with Crippen LogP contribution >= 0.6 is 0 Å². The summed E-state index contributed by atoms with van der Waals surface area (Å²) in [6.45, 7) is 2.04. The Balaban J connectivity index is 1.86. The van der Waals surface area contributed by atoms with Gasteiger partial charge in [-0.25, -0.2) is 0 Å². The van der Waals surface area contributed by atoms with Crippen LogP contribution in [0.4, 0.5) is 5.69 Å². The Morgan fingerprint density at radius 1 is 0.885 bits per heavy atom. The fourth-order valence-corrected chi connectivity index (χ4v) is 3.89. The molecule has 1 fully saturated rings. The Morgan fingerprint density at radius 3 is 2.19 bits per heavy atom. The van der Waals surface area contributed by atoms with E-state index in [0.717, 1.165) is 22.6 Å². The monoisotopic (exact) mass is 343 g/mol. The number of para-hydroxylation sites is 1. The third kappa shape index (κ3) is 2.39. The third-order valence-corrected chi connectivity index (χ3v) is 5.29. The molecule has 0 unspecified atom stereocenters. The summed E-state index contributed by atoms with van der Waals surface area (Å²) in [4.78, 5) is 15.2. The predicted octanol–water partition coefficient (Wildman–Crippen LogP) is 4.74. The first-order chi connectivity index (χ1) is 12.7. The van der Waals surface area contributed by atoms with Gasteiger partial charge in [-0.2, -0.15) is 0 Å². The van der Waals surface area contributed by atoms with Gasteiger partial charge in [0.25, 0.3) is 0 Å². The number of methoxy groups -OCH3 is 1. The van der Waals surface area contributed by atoms with Crippen molar-refractivity contribution in [1.82, 2.24) is 0 Å². The van der Waals surface area contributed by atoms with Gasteiger partial charge in [0.1, 0.15) is 5.75 Å². The maximum Gasteiger partial charge on any atom is 0.240 e. The summed E-state index contributed by atoms with van der Waals surface area (Å²) < 4.78 is 5.41. The zero-order valence-corrected chi connectivity index (χ0v) is 14.9. The number of ether oxygens (including phenoxy) is 1. The van der Waals surface area contributed by atoms with Crippen molar-refractivity contribution >= 4 is 11.6 Å². The normalized spacial score (nSPS) is 22.0. The molecule has 1 aliphatic heterocycles. The molecular formula is C23H21NO2. The van der Waals surface area contributed by atoms with E-state index in [4.69, 9.17) is 4.74 Å². The lowest BCUT2D eigenvalue weighted by Gasteiger charge is -2.55. The van der Waals surface area contributed by atoms with Gasteiger partial charge in [-0.15, -0.1) is 0 Å². The molecule has 3 aromatic rings. The largest absolute Gasteiger partial charge is 0.497 e. The van der Waals surface area contributed by atoms with Crippen LogP contribution in [0.2, 0.25) is 0 Å². The summed E-state index contributed by atoms with van der Waals surface area (Å²) in [5.41, 5.74) is 2.41. The summed E-state index contributed by atoms with van der Waals surface area (Å²) in [5.74, 6) is 0.910. The Morgan fingerprint density at radius 2 is 1.54 bits per heavy atom. The summed E-state index contributed by atoms with van der Waals surface area (Å²) >= 11 is 0. The first-order valence-corrected chi connectivity index (χ1v) is 8.74. The van der Waals surface area contributed by atoms with Crippen molar-refractivity contribution in [2.75, 3.05) is 12.0 Å². The number of benzene rings is 3. The Hall–Kier alpha value is -3.07. The number of β-lactam (4-membered cyclic amide) rings is 1. The average Bonchev–Trinajstić information content (AvgIpc) is 2.72. The molecule has 1 saturated heterocycles. The van der Waals surface area contributed by atoms with E-state index in [1.165, 1.54) is 0 Å². The van der Waals surface area contributed by atoms with Gasteiger partial charge in [0.05, 0.1) is 18.6 Å². The second kappa shape index (κ2) is 6.34. The van der Waals surface area contributed by atoms with Crippen LogP contribution in [0.1, 0.15) is 24.1 Å². The number of nitrogens with zero attached hydrogens (tertiary/aromatic N) is 1. The lowest BCUT2D eigenvalue weighted by molar-refractivity contribution is -0.132. The zero-order chi connectivity index (χ0) is 18.1. The molecule has 1 heterocycles. The fourth-order valence-electron chi connectivity index (χ4n) is 3.89. The van der Waals surface area contributed by atoms with E-state index in [9.17, 15) is 4.79 Å².